The summed E-state index contributed by atoms with van der Waals surface area (Å²) < 4.78 is 0. The molecule has 1 saturated heterocycles. The predicted molar refractivity (Wildman–Crippen MR) is 59.5 cm³/mol. The fourth-order valence-electron chi connectivity index (χ4n) is 0.572. The Kier molecular flexibility index (Phi) is 5.67. The maximum Gasteiger partial charge on any atom is 0.0403 e. The fraction of sp³-hybridized carbons (Fsp3) is 1.00. The van der Waals surface area contributed by atoms with E-state index in [9.17, 15) is 0 Å². The van der Waals surface area contributed by atoms with Gasteiger partial charge in [-0.05, 0) is 6.26 Å². The monoisotopic (exact) mass is 212 g/mol. The molecule has 4 heteroatoms. The van der Waals surface area contributed by atoms with Crippen molar-refractivity contribution in [1.29, 1.82) is 0 Å². The lowest BCUT2D eigenvalue weighted by Crippen LogP contribution is -2.20. The summed E-state index contributed by atoms with van der Waals surface area (Å²) in [6, 6.07) is 0. The van der Waals surface area contributed by atoms with Gasteiger partial charge in [-0.2, -0.15) is 23.5 Å². The van der Waals surface area contributed by atoms with E-state index in [4.69, 9.17) is 0 Å². The Morgan fingerprint density at radius 2 is 2.20 bits per heavy atom. The van der Waals surface area contributed by atoms with E-state index in [2.05, 4.69) is 29.8 Å². The lowest BCUT2D eigenvalue weighted by molar-refractivity contribution is 1.09. The van der Waals surface area contributed by atoms with Crippen molar-refractivity contribution < 1.29 is 0 Å². The zero-order valence-corrected chi connectivity index (χ0v) is 9.30. The largest absolute Gasteiger partial charge is 0.160 e. The summed E-state index contributed by atoms with van der Waals surface area (Å²) in [4.78, 5) is 0. The van der Waals surface area contributed by atoms with Gasteiger partial charge in [0.15, 0.2) is 0 Å². The lowest BCUT2D eigenvalue weighted by atomic mass is 10.5. The second-order valence-electron chi connectivity index (χ2n) is 2.05. The summed E-state index contributed by atoms with van der Waals surface area (Å²) in [6.07, 6.45) is 2.16. The lowest BCUT2D eigenvalue weighted by Gasteiger charge is -2.23. The molecule has 1 aliphatic rings. The molecule has 60 valence electrons. The highest BCUT2D eigenvalue weighted by Crippen LogP contribution is 2.31. The molecular formula is C6H12S4. The second kappa shape index (κ2) is 5.98. The van der Waals surface area contributed by atoms with Crippen molar-refractivity contribution in [2.45, 2.75) is 5.25 Å². The molecule has 0 saturated carbocycles. The minimum absolute atomic E-state index is 0.986. The minimum atomic E-state index is 0.986. The van der Waals surface area contributed by atoms with Crippen LogP contribution in [0.25, 0.3) is 0 Å². The van der Waals surface area contributed by atoms with Gasteiger partial charge in [0.1, 0.15) is 0 Å². The van der Waals surface area contributed by atoms with E-state index in [0.717, 1.165) is 5.25 Å². The van der Waals surface area contributed by atoms with Gasteiger partial charge in [-0.15, -0.1) is 23.5 Å². The average molecular weight is 212 g/mol. The van der Waals surface area contributed by atoms with Crippen molar-refractivity contribution in [3.8, 4) is 0 Å². The molecule has 0 amide bonds. The van der Waals surface area contributed by atoms with Crippen LogP contribution in [0.5, 0.6) is 0 Å². The van der Waals surface area contributed by atoms with Crippen molar-refractivity contribution in [2.75, 3.05) is 27.9 Å². The highest BCUT2D eigenvalue weighted by Gasteiger charge is 2.17. The maximum atomic E-state index is 2.16. The summed E-state index contributed by atoms with van der Waals surface area (Å²) in [6.45, 7) is 0. The van der Waals surface area contributed by atoms with Gasteiger partial charge in [0, 0.05) is 26.9 Å². The Morgan fingerprint density at radius 3 is 2.70 bits per heavy atom. The predicted octanol–water partition coefficient (Wildman–Crippen LogP) is 2.85. The quantitative estimate of drug-likeness (QED) is 0.507. The van der Waals surface area contributed by atoms with Crippen molar-refractivity contribution >= 4 is 47.0 Å². The van der Waals surface area contributed by atoms with Crippen LogP contribution in [0.4, 0.5) is 0 Å². The summed E-state index contributed by atoms with van der Waals surface area (Å²) in [7, 11) is 0. The molecule has 0 radical (unpaired) electrons. The van der Waals surface area contributed by atoms with Crippen LogP contribution in [0.3, 0.4) is 0 Å². The molecule has 0 N–H and O–H groups in total. The first-order chi connectivity index (χ1) is 4.93. The molecule has 0 spiro atoms. The third-order valence-corrected chi connectivity index (χ3v) is 6.52. The third-order valence-electron chi connectivity index (χ3n) is 1.20. The van der Waals surface area contributed by atoms with Crippen molar-refractivity contribution in [3.05, 3.63) is 0 Å². The van der Waals surface area contributed by atoms with Crippen LogP contribution in [-0.2, 0) is 0 Å². The summed E-state index contributed by atoms with van der Waals surface area (Å²) in [5.74, 6) is 2.79. The van der Waals surface area contributed by atoms with E-state index in [1.54, 1.807) is 0 Å². The minimum Gasteiger partial charge on any atom is -0.160 e. The summed E-state index contributed by atoms with van der Waals surface area (Å²) >= 11 is 8.18. The Bertz CT molecular complexity index is 81.8. The van der Waals surface area contributed by atoms with Gasteiger partial charge in [-0.3, -0.25) is 0 Å². The number of hydrogen-bond donors (Lipinski definition) is 0. The summed E-state index contributed by atoms with van der Waals surface area (Å²) in [5, 5.41) is 3.54. The van der Waals surface area contributed by atoms with E-state index in [1.807, 2.05) is 23.5 Å². The first-order valence-electron chi connectivity index (χ1n) is 3.19. The molecule has 1 fully saturated rings. The van der Waals surface area contributed by atoms with Crippen LogP contribution < -0.4 is 0 Å². The van der Waals surface area contributed by atoms with Crippen LogP contribution in [0.1, 0.15) is 0 Å². The SMILES string of the molecule is CSCSCSC1CSC1. The average Bonchev–Trinajstić information content (AvgIpc) is 1.84. The smallest absolute Gasteiger partial charge is 0.0403 e. The fourth-order valence-corrected chi connectivity index (χ4v) is 5.05. The van der Waals surface area contributed by atoms with Gasteiger partial charge < -0.3 is 0 Å². The topological polar surface area (TPSA) is 0 Å². The number of rotatable bonds is 5. The highest BCUT2D eigenvalue weighted by molar-refractivity contribution is 8.23. The third kappa shape index (κ3) is 3.69. The molecule has 0 aliphatic carbocycles. The Hall–Kier alpha value is 1.40. The van der Waals surface area contributed by atoms with Crippen LogP contribution in [-0.4, -0.2) is 33.2 Å². The highest BCUT2D eigenvalue weighted by atomic mass is 32.2. The molecule has 0 aromatic rings. The maximum absolute atomic E-state index is 2.16. The van der Waals surface area contributed by atoms with E-state index >= 15 is 0 Å². The molecule has 10 heavy (non-hydrogen) atoms. The van der Waals surface area contributed by atoms with E-state index < -0.39 is 0 Å². The molecular weight excluding hydrogens is 200 g/mol. The van der Waals surface area contributed by atoms with Gasteiger partial charge in [0.2, 0.25) is 0 Å². The van der Waals surface area contributed by atoms with E-state index in [0.29, 0.717) is 0 Å². The zero-order chi connectivity index (χ0) is 7.23. The van der Waals surface area contributed by atoms with E-state index in [1.165, 1.54) is 21.7 Å². The molecule has 1 aliphatic heterocycles. The Labute approximate surface area is 80.1 Å². The molecule has 0 aromatic heterocycles. The Morgan fingerprint density at radius 1 is 1.40 bits per heavy atom. The van der Waals surface area contributed by atoms with Crippen molar-refractivity contribution in [3.63, 3.8) is 0 Å². The van der Waals surface area contributed by atoms with Gasteiger partial charge >= 0.3 is 0 Å². The van der Waals surface area contributed by atoms with Gasteiger partial charge in [-0.1, -0.05) is 0 Å². The zero-order valence-electron chi connectivity index (χ0n) is 6.04. The standard InChI is InChI=1S/C6H12S4/c1-7-4-9-5-10-6-2-8-3-6/h6H,2-5H2,1H3. The molecule has 1 heterocycles. The molecule has 1 rings (SSSR count). The molecule has 0 unspecified atom stereocenters. The Balaban J connectivity index is 1.76. The second-order valence-corrected chi connectivity index (χ2v) is 7.00. The normalized spacial score (nSPS) is 18.9. The number of thioether (sulfide) groups is 4. The van der Waals surface area contributed by atoms with E-state index in [-0.39, 0.29) is 0 Å². The summed E-state index contributed by atoms with van der Waals surface area (Å²) in [5.41, 5.74) is 0. The number of hydrogen-bond acceptors (Lipinski definition) is 4. The van der Waals surface area contributed by atoms with Gasteiger partial charge in [0.25, 0.3) is 0 Å². The van der Waals surface area contributed by atoms with Gasteiger partial charge in [0.05, 0.1) is 0 Å². The van der Waals surface area contributed by atoms with Crippen LogP contribution in [0, 0.1) is 0 Å². The molecule has 0 nitrogen and oxygen atoms in total. The molecule has 0 aromatic carbocycles. The molecule has 0 bridgehead atoms. The van der Waals surface area contributed by atoms with Gasteiger partial charge in [-0.25, -0.2) is 0 Å². The van der Waals surface area contributed by atoms with Crippen molar-refractivity contribution in [2.24, 2.45) is 0 Å². The van der Waals surface area contributed by atoms with Crippen LogP contribution in [0.2, 0.25) is 0 Å². The van der Waals surface area contributed by atoms with Crippen LogP contribution in [0.15, 0.2) is 0 Å². The van der Waals surface area contributed by atoms with Crippen LogP contribution >= 0.6 is 47.0 Å². The van der Waals surface area contributed by atoms with Crippen molar-refractivity contribution in [1.82, 2.24) is 0 Å². The first kappa shape index (κ1) is 9.49. The molecule has 0 atom stereocenters. The first-order valence-corrected chi connectivity index (χ1v) is 7.94.